The first kappa shape index (κ1) is 29.3. The molecule has 1 aliphatic carbocycles. The van der Waals surface area contributed by atoms with Gasteiger partial charge in [-0.05, 0) is 75.6 Å². The number of fused-ring (bicyclic) bond motifs is 1. The first-order chi connectivity index (χ1) is 18.9. The van der Waals surface area contributed by atoms with Gasteiger partial charge in [0.2, 0.25) is 5.91 Å². The number of aliphatic hydroxyl groups is 1. The second-order valence-electron chi connectivity index (χ2n) is 10.7. The van der Waals surface area contributed by atoms with Gasteiger partial charge in [-0.1, -0.05) is 24.3 Å². The predicted octanol–water partition coefficient (Wildman–Crippen LogP) is 4.95. The average molecular weight is 542 g/mol. The van der Waals surface area contributed by atoms with Gasteiger partial charge in [0.15, 0.2) is 6.29 Å². The van der Waals surface area contributed by atoms with E-state index in [1.54, 1.807) is 18.1 Å². The van der Waals surface area contributed by atoms with Gasteiger partial charge in [-0.2, -0.15) is 0 Å². The summed E-state index contributed by atoms with van der Waals surface area (Å²) >= 11 is 0. The lowest BCUT2D eigenvalue weighted by Gasteiger charge is -2.50. The Morgan fingerprint density at radius 1 is 1.23 bits per heavy atom. The molecule has 3 aliphatic rings. The molecule has 2 fully saturated rings. The lowest BCUT2D eigenvalue weighted by atomic mass is 9.61. The van der Waals surface area contributed by atoms with Crippen LogP contribution in [0.25, 0.3) is 0 Å². The molecule has 5 atom stereocenters. The molecule has 8 nitrogen and oxygen atoms in total. The fourth-order valence-corrected chi connectivity index (χ4v) is 6.07. The molecular formula is C31H43NO7. The largest absolute Gasteiger partial charge is 0.497 e. The fourth-order valence-electron chi connectivity index (χ4n) is 6.07. The summed E-state index contributed by atoms with van der Waals surface area (Å²) in [6.45, 7) is 3.37. The fraction of sp³-hybridized carbons (Fsp3) is 0.613. The van der Waals surface area contributed by atoms with Crippen molar-refractivity contribution >= 4 is 17.6 Å². The number of benzene rings is 1. The molecule has 2 aliphatic heterocycles. The molecule has 2 heterocycles. The molecule has 2 saturated heterocycles. The van der Waals surface area contributed by atoms with Crippen LogP contribution in [0.15, 0.2) is 48.6 Å². The lowest BCUT2D eigenvalue weighted by Crippen LogP contribution is -2.58. The van der Waals surface area contributed by atoms with Gasteiger partial charge in [-0.25, -0.2) is 0 Å². The van der Waals surface area contributed by atoms with Crippen molar-refractivity contribution in [2.45, 2.75) is 83.2 Å². The maximum Gasteiger partial charge on any atom is 0.302 e. The van der Waals surface area contributed by atoms with Gasteiger partial charge >= 0.3 is 5.97 Å². The number of carbonyl (C=O) groups excluding carboxylic acids is 2. The number of allylic oxidation sites excluding steroid dienone is 1. The third kappa shape index (κ3) is 7.50. The van der Waals surface area contributed by atoms with E-state index in [-0.39, 0.29) is 30.5 Å². The summed E-state index contributed by atoms with van der Waals surface area (Å²) in [5.41, 5.74) is -0.179. The molecule has 0 saturated carbocycles. The molecule has 1 unspecified atom stereocenters. The molecule has 8 heteroatoms. The van der Waals surface area contributed by atoms with E-state index >= 15 is 0 Å². The van der Waals surface area contributed by atoms with Crippen LogP contribution in [0.3, 0.4) is 0 Å². The van der Waals surface area contributed by atoms with Crippen molar-refractivity contribution in [2.75, 3.05) is 31.8 Å². The number of hydrogen-bond acceptors (Lipinski definition) is 7. The normalized spacial score (nSPS) is 27.8. The number of carbonyl (C=O) groups is 2. The van der Waals surface area contributed by atoms with Crippen molar-refractivity contribution in [3.8, 4) is 5.75 Å². The molecule has 1 aromatic rings. The second-order valence-corrected chi connectivity index (χ2v) is 10.7. The van der Waals surface area contributed by atoms with E-state index in [1.165, 1.54) is 6.92 Å². The van der Waals surface area contributed by atoms with Crippen LogP contribution in [0.4, 0.5) is 5.69 Å². The number of nitrogens with zero attached hydrogens (tertiary/aromatic N) is 1. The summed E-state index contributed by atoms with van der Waals surface area (Å²) in [6, 6.07) is 7.43. The van der Waals surface area contributed by atoms with Crippen LogP contribution >= 0.6 is 0 Å². The van der Waals surface area contributed by atoms with Crippen LogP contribution in [0.5, 0.6) is 5.75 Å². The summed E-state index contributed by atoms with van der Waals surface area (Å²) in [7, 11) is 1.61. The molecule has 0 bridgehead atoms. The van der Waals surface area contributed by atoms with Crippen LogP contribution < -0.4 is 9.64 Å². The number of rotatable bonds is 12. The minimum atomic E-state index is -0.964. The monoisotopic (exact) mass is 541 g/mol. The zero-order valence-corrected chi connectivity index (χ0v) is 23.3. The molecule has 1 N–H and O–H groups in total. The number of hydrogen-bond donors (Lipinski definition) is 1. The highest BCUT2D eigenvalue weighted by Gasteiger charge is 2.54. The highest BCUT2D eigenvalue weighted by atomic mass is 16.7. The molecule has 0 radical (unpaired) electrons. The Labute approximate surface area is 231 Å². The molecule has 1 amide bonds. The Morgan fingerprint density at radius 2 is 2.05 bits per heavy atom. The Kier molecular flexibility index (Phi) is 10.6. The van der Waals surface area contributed by atoms with Crippen molar-refractivity contribution in [3.05, 3.63) is 48.6 Å². The van der Waals surface area contributed by atoms with E-state index in [1.807, 2.05) is 42.5 Å². The van der Waals surface area contributed by atoms with E-state index in [0.717, 1.165) is 56.6 Å². The third-order valence-corrected chi connectivity index (χ3v) is 8.01. The summed E-state index contributed by atoms with van der Waals surface area (Å²) in [5.74, 6) is 0.0913. The number of aliphatic hydroxyl groups excluding tert-OH is 1. The standard InChI is InChI=1S/C31H43NO7/c1-23(33)39-28-11-9-18-31(22-25(34)10-5-3-4-7-20-37-29-12-6-8-21-38-29)27(28)17-19-32(30(31)35)24-13-15-26(36-2)16-14-24/h5,9-10,13-16,18,25,27-29,34H,3-4,6-8,11-12,17,19-22H2,1-2H3/b10-5-/t25-,27+,28+,29?,31+/m1/s1. The van der Waals surface area contributed by atoms with Crippen LogP contribution in [0, 0.1) is 11.3 Å². The van der Waals surface area contributed by atoms with Crippen molar-refractivity contribution in [1.82, 2.24) is 0 Å². The number of anilines is 1. The molecular weight excluding hydrogens is 498 g/mol. The lowest BCUT2D eigenvalue weighted by molar-refractivity contribution is -0.162. The number of unbranched alkanes of at least 4 members (excludes halogenated alkanes) is 2. The van der Waals surface area contributed by atoms with Gasteiger partial charge in [0.25, 0.3) is 0 Å². The predicted molar refractivity (Wildman–Crippen MR) is 148 cm³/mol. The van der Waals surface area contributed by atoms with Gasteiger partial charge in [0.1, 0.15) is 11.9 Å². The van der Waals surface area contributed by atoms with Gasteiger partial charge < -0.3 is 29.0 Å². The highest BCUT2D eigenvalue weighted by Crippen LogP contribution is 2.49. The van der Waals surface area contributed by atoms with Gasteiger partial charge in [0, 0.05) is 44.7 Å². The maximum atomic E-state index is 14.1. The molecule has 1 aromatic carbocycles. The summed E-state index contributed by atoms with van der Waals surface area (Å²) in [6.07, 6.45) is 13.8. The van der Waals surface area contributed by atoms with Crippen molar-refractivity contribution < 1.29 is 33.6 Å². The highest BCUT2D eigenvalue weighted by molar-refractivity contribution is 6.00. The van der Waals surface area contributed by atoms with E-state index in [4.69, 9.17) is 18.9 Å². The van der Waals surface area contributed by atoms with Crippen molar-refractivity contribution in [3.63, 3.8) is 0 Å². The van der Waals surface area contributed by atoms with E-state index in [9.17, 15) is 14.7 Å². The SMILES string of the molecule is COc1ccc(N2CC[C@H]3[C@@H](OC(C)=O)CC=C[C@@]3(C[C@H](O)/C=C\CCCCOC3CCCCO3)C2=O)cc1. The summed E-state index contributed by atoms with van der Waals surface area (Å²) in [5, 5.41) is 11.1. The third-order valence-electron chi connectivity index (χ3n) is 8.01. The van der Waals surface area contributed by atoms with Crippen LogP contribution in [0.2, 0.25) is 0 Å². The number of esters is 1. The Morgan fingerprint density at radius 3 is 2.77 bits per heavy atom. The number of ether oxygens (including phenoxy) is 4. The molecule has 4 rings (SSSR count). The first-order valence-electron chi connectivity index (χ1n) is 14.3. The minimum absolute atomic E-state index is 0.0619. The molecule has 214 valence electrons. The number of piperidine rings is 1. The molecule has 39 heavy (non-hydrogen) atoms. The second kappa shape index (κ2) is 14.1. The van der Waals surface area contributed by atoms with E-state index in [0.29, 0.717) is 26.0 Å². The Balaban J connectivity index is 1.39. The average Bonchev–Trinajstić information content (AvgIpc) is 2.94. The van der Waals surface area contributed by atoms with Crippen LogP contribution in [-0.2, 0) is 23.8 Å². The van der Waals surface area contributed by atoms with Crippen molar-refractivity contribution in [1.29, 1.82) is 0 Å². The molecule has 0 aromatic heterocycles. The Hall–Kier alpha value is -2.68. The van der Waals surface area contributed by atoms with Gasteiger partial charge in [0.05, 0.1) is 18.6 Å². The van der Waals surface area contributed by atoms with Crippen LogP contribution in [-0.4, -0.2) is 62.3 Å². The topological polar surface area (TPSA) is 94.5 Å². The quantitative estimate of drug-likeness (QED) is 0.227. The summed E-state index contributed by atoms with van der Waals surface area (Å²) in [4.78, 5) is 27.8. The Bertz CT molecular complexity index is 1000. The summed E-state index contributed by atoms with van der Waals surface area (Å²) < 4.78 is 22.3. The maximum absolute atomic E-state index is 14.1. The molecule has 0 spiro atoms. The number of methoxy groups -OCH3 is 1. The zero-order valence-electron chi connectivity index (χ0n) is 23.3. The van der Waals surface area contributed by atoms with Gasteiger partial charge in [-0.3, -0.25) is 9.59 Å². The smallest absolute Gasteiger partial charge is 0.302 e. The van der Waals surface area contributed by atoms with Crippen molar-refractivity contribution in [2.24, 2.45) is 11.3 Å². The first-order valence-corrected chi connectivity index (χ1v) is 14.3. The number of amides is 1. The van der Waals surface area contributed by atoms with Gasteiger partial charge in [-0.15, -0.1) is 0 Å². The van der Waals surface area contributed by atoms with Crippen LogP contribution in [0.1, 0.15) is 64.7 Å². The minimum Gasteiger partial charge on any atom is -0.497 e. The zero-order chi connectivity index (χ0) is 27.7. The van der Waals surface area contributed by atoms with E-state index < -0.39 is 17.6 Å². The van der Waals surface area contributed by atoms with E-state index in [2.05, 4.69) is 0 Å².